The minimum Gasteiger partial charge on any atom is -0.314 e. The van der Waals surface area contributed by atoms with Crippen LogP contribution in [0.15, 0.2) is 11.0 Å². The zero-order valence-electron chi connectivity index (χ0n) is 10.5. The van der Waals surface area contributed by atoms with Crippen molar-refractivity contribution in [3.8, 4) is 0 Å². The molecule has 0 unspecified atom stereocenters. The van der Waals surface area contributed by atoms with E-state index in [9.17, 15) is 26.0 Å². The molecule has 0 bridgehead atoms. The first-order chi connectivity index (χ1) is 9.26. The molecular weight excluding hydrogens is 300 g/mol. The summed E-state index contributed by atoms with van der Waals surface area (Å²) in [5, 5.41) is 2.90. The van der Waals surface area contributed by atoms with E-state index in [1.54, 1.807) is 0 Å². The number of hydrogen-bond acceptors (Lipinski definition) is 3. The molecule has 1 aliphatic rings. The monoisotopic (exact) mass is 312 g/mol. The number of nitrogens with zero attached hydrogens (tertiary/aromatic N) is 1. The van der Waals surface area contributed by atoms with E-state index in [0.29, 0.717) is 0 Å². The molecule has 1 fully saturated rings. The van der Waals surface area contributed by atoms with Gasteiger partial charge in [0.2, 0.25) is 10.0 Å². The molecule has 0 radical (unpaired) electrons. The van der Waals surface area contributed by atoms with Crippen molar-refractivity contribution in [1.29, 1.82) is 0 Å². The molecule has 1 N–H and O–H groups in total. The van der Waals surface area contributed by atoms with Gasteiger partial charge in [0.25, 0.3) is 0 Å². The van der Waals surface area contributed by atoms with Gasteiger partial charge in [-0.3, -0.25) is 0 Å². The summed E-state index contributed by atoms with van der Waals surface area (Å²) in [7, 11) is -4.65. The summed E-state index contributed by atoms with van der Waals surface area (Å²) in [6.07, 6.45) is 0. The van der Waals surface area contributed by atoms with Gasteiger partial charge in [-0.1, -0.05) is 0 Å². The van der Waals surface area contributed by atoms with E-state index in [1.807, 2.05) is 0 Å². The molecule has 1 atom stereocenters. The summed E-state index contributed by atoms with van der Waals surface area (Å²) in [6, 6.07) is -0.607. The van der Waals surface area contributed by atoms with Crippen LogP contribution in [0, 0.1) is 23.3 Å². The molecule has 2 rings (SSSR count). The molecule has 1 aliphatic heterocycles. The highest BCUT2D eigenvalue weighted by Crippen LogP contribution is 2.28. The summed E-state index contributed by atoms with van der Waals surface area (Å²) < 4.78 is 78.8. The summed E-state index contributed by atoms with van der Waals surface area (Å²) in [4.78, 5) is -1.58. The second-order valence-corrected chi connectivity index (χ2v) is 6.29. The van der Waals surface area contributed by atoms with Crippen LogP contribution in [0.2, 0.25) is 0 Å². The highest BCUT2D eigenvalue weighted by atomic mass is 32.2. The molecule has 0 amide bonds. The van der Waals surface area contributed by atoms with E-state index in [0.717, 1.165) is 4.31 Å². The maximum absolute atomic E-state index is 13.6. The molecule has 1 saturated heterocycles. The lowest BCUT2D eigenvalue weighted by atomic mass is 10.3. The molecule has 0 aromatic heterocycles. The van der Waals surface area contributed by atoms with Gasteiger partial charge in [0.15, 0.2) is 28.2 Å². The van der Waals surface area contributed by atoms with Crippen molar-refractivity contribution in [2.45, 2.75) is 17.9 Å². The van der Waals surface area contributed by atoms with Crippen LogP contribution in [0.3, 0.4) is 0 Å². The summed E-state index contributed by atoms with van der Waals surface area (Å²) in [6.45, 7) is 2.04. The summed E-state index contributed by atoms with van der Waals surface area (Å²) in [5.41, 5.74) is 0. The first-order valence-corrected chi connectivity index (χ1v) is 7.26. The average Bonchev–Trinajstić information content (AvgIpc) is 2.36. The molecule has 9 heteroatoms. The van der Waals surface area contributed by atoms with Crippen LogP contribution >= 0.6 is 0 Å². The maximum Gasteiger partial charge on any atom is 0.249 e. The van der Waals surface area contributed by atoms with E-state index < -0.39 is 44.2 Å². The minimum atomic E-state index is -4.65. The normalized spacial score (nSPS) is 21.1. The van der Waals surface area contributed by atoms with Gasteiger partial charge in [-0.05, 0) is 6.92 Å². The highest BCUT2D eigenvalue weighted by molar-refractivity contribution is 7.89. The van der Waals surface area contributed by atoms with Crippen LogP contribution < -0.4 is 5.32 Å². The maximum atomic E-state index is 13.6. The Balaban J connectivity index is 2.60. The van der Waals surface area contributed by atoms with E-state index in [2.05, 4.69) is 5.32 Å². The van der Waals surface area contributed by atoms with Gasteiger partial charge in [0.1, 0.15) is 0 Å². The highest BCUT2D eigenvalue weighted by Gasteiger charge is 2.37. The number of halogens is 4. The molecule has 0 spiro atoms. The number of rotatable bonds is 2. The Morgan fingerprint density at radius 1 is 1.20 bits per heavy atom. The van der Waals surface area contributed by atoms with Crippen molar-refractivity contribution in [2.24, 2.45) is 0 Å². The number of nitrogens with one attached hydrogen (secondary N) is 1. The first kappa shape index (κ1) is 15.2. The fourth-order valence-electron chi connectivity index (χ4n) is 2.07. The third-order valence-electron chi connectivity index (χ3n) is 3.08. The zero-order valence-corrected chi connectivity index (χ0v) is 11.3. The van der Waals surface area contributed by atoms with Gasteiger partial charge in [-0.25, -0.2) is 26.0 Å². The van der Waals surface area contributed by atoms with Crippen molar-refractivity contribution < 1.29 is 26.0 Å². The van der Waals surface area contributed by atoms with Gasteiger partial charge in [0.05, 0.1) is 0 Å². The van der Waals surface area contributed by atoms with Crippen LogP contribution in [0.25, 0.3) is 0 Å². The quantitative estimate of drug-likeness (QED) is 0.660. The molecule has 1 aromatic rings. The third kappa shape index (κ3) is 2.40. The first-order valence-electron chi connectivity index (χ1n) is 5.82. The summed E-state index contributed by atoms with van der Waals surface area (Å²) >= 11 is 0. The molecule has 4 nitrogen and oxygen atoms in total. The molecular formula is C11H12F4N2O2S. The number of benzene rings is 1. The Morgan fingerprint density at radius 3 is 2.25 bits per heavy atom. The fourth-order valence-corrected chi connectivity index (χ4v) is 3.84. The molecule has 1 heterocycles. The van der Waals surface area contributed by atoms with E-state index in [1.165, 1.54) is 6.92 Å². The van der Waals surface area contributed by atoms with Crippen LogP contribution in [-0.2, 0) is 10.0 Å². The van der Waals surface area contributed by atoms with E-state index in [4.69, 9.17) is 0 Å². The predicted octanol–water partition coefficient (Wildman–Crippen LogP) is 1.23. The summed E-state index contributed by atoms with van der Waals surface area (Å²) in [5.74, 6) is -7.31. The Morgan fingerprint density at radius 2 is 1.75 bits per heavy atom. The minimum absolute atomic E-state index is 0.0229. The largest absolute Gasteiger partial charge is 0.314 e. The van der Waals surface area contributed by atoms with Crippen LogP contribution in [-0.4, -0.2) is 38.4 Å². The predicted molar refractivity (Wildman–Crippen MR) is 62.5 cm³/mol. The van der Waals surface area contributed by atoms with E-state index >= 15 is 0 Å². The standard InChI is InChI=1S/C11H12F4N2O2S/c1-6-5-16-2-3-17(6)20(18,19)11-9(14)7(12)4-8(13)10(11)15/h4,6,16H,2-3,5H2,1H3/t6-/m1/s1. The Labute approximate surface area is 113 Å². The van der Waals surface area contributed by atoms with Crippen LogP contribution in [0.5, 0.6) is 0 Å². The average molecular weight is 312 g/mol. The molecule has 0 aliphatic carbocycles. The smallest absolute Gasteiger partial charge is 0.249 e. The Kier molecular flexibility index (Phi) is 4.03. The Hall–Kier alpha value is -1.19. The van der Waals surface area contributed by atoms with Crippen LogP contribution in [0.4, 0.5) is 17.6 Å². The Bertz CT molecular complexity index is 610. The van der Waals surface area contributed by atoms with Crippen LogP contribution in [0.1, 0.15) is 6.92 Å². The van der Waals surface area contributed by atoms with Crippen molar-refractivity contribution in [2.75, 3.05) is 19.6 Å². The fraction of sp³-hybridized carbons (Fsp3) is 0.455. The molecule has 20 heavy (non-hydrogen) atoms. The van der Waals surface area contributed by atoms with Gasteiger partial charge < -0.3 is 5.32 Å². The lowest BCUT2D eigenvalue weighted by Gasteiger charge is -2.32. The number of hydrogen-bond donors (Lipinski definition) is 1. The third-order valence-corrected chi connectivity index (χ3v) is 5.11. The van der Waals surface area contributed by atoms with E-state index in [-0.39, 0.29) is 25.7 Å². The number of piperazine rings is 1. The zero-order chi connectivity index (χ0) is 15.1. The lowest BCUT2D eigenvalue weighted by molar-refractivity contribution is 0.280. The van der Waals surface area contributed by atoms with Crippen molar-refractivity contribution in [3.05, 3.63) is 29.3 Å². The molecule has 112 valence electrons. The lowest BCUT2D eigenvalue weighted by Crippen LogP contribution is -2.52. The van der Waals surface area contributed by atoms with Gasteiger partial charge in [-0.15, -0.1) is 0 Å². The topological polar surface area (TPSA) is 49.4 Å². The van der Waals surface area contributed by atoms with Crippen molar-refractivity contribution >= 4 is 10.0 Å². The SMILES string of the molecule is C[C@@H]1CNCCN1S(=O)(=O)c1c(F)c(F)cc(F)c1F. The van der Waals surface area contributed by atoms with Gasteiger partial charge >= 0.3 is 0 Å². The number of sulfonamides is 1. The molecule has 1 aromatic carbocycles. The second kappa shape index (κ2) is 5.30. The van der Waals surface area contributed by atoms with Crippen molar-refractivity contribution in [3.63, 3.8) is 0 Å². The van der Waals surface area contributed by atoms with Crippen molar-refractivity contribution in [1.82, 2.24) is 9.62 Å². The van der Waals surface area contributed by atoms with Gasteiger partial charge in [-0.2, -0.15) is 4.31 Å². The van der Waals surface area contributed by atoms with Gasteiger partial charge in [0, 0.05) is 31.7 Å². The molecule has 0 saturated carbocycles. The second-order valence-electron chi connectivity index (χ2n) is 4.47.